The normalized spacial score (nSPS) is 18.2. The molecule has 8 heteroatoms. The van der Waals surface area contributed by atoms with Crippen molar-refractivity contribution in [1.82, 2.24) is 4.90 Å². The van der Waals surface area contributed by atoms with Crippen LogP contribution >= 0.6 is 23.6 Å². The summed E-state index contributed by atoms with van der Waals surface area (Å²) in [6.07, 6.45) is -4.80. The molecule has 122 valence electrons. The number of rotatable bonds is 2. The van der Waals surface area contributed by atoms with E-state index in [1.807, 2.05) is 16.8 Å². The van der Waals surface area contributed by atoms with Gasteiger partial charge in [-0.25, -0.2) is 0 Å². The Balaban J connectivity index is 1.80. The molecule has 0 amide bonds. The predicted molar refractivity (Wildman–Crippen MR) is 87.4 cm³/mol. The number of thiocarbonyl (C=S) groups is 1. The monoisotopic (exact) mass is 358 g/mol. The third-order valence-electron chi connectivity index (χ3n) is 3.45. The van der Waals surface area contributed by atoms with E-state index in [4.69, 9.17) is 17.0 Å². The minimum Gasteiger partial charge on any atom is -0.352 e. The largest absolute Gasteiger partial charge is 0.418 e. The van der Waals surface area contributed by atoms with E-state index >= 15 is 0 Å². The quantitative estimate of drug-likeness (QED) is 0.799. The summed E-state index contributed by atoms with van der Waals surface area (Å²) in [6, 6.07) is 7.20. The average Bonchev–Trinajstić information content (AvgIpc) is 3.17. The van der Waals surface area contributed by atoms with Crippen LogP contribution in [0.1, 0.15) is 17.4 Å². The molecule has 1 aliphatic heterocycles. The molecule has 2 aromatic rings. The van der Waals surface area contributed by atoms with Crippen LogP contribution < -0.4 is 5.32 Å². The Kier molecular flexibility index (Phi) is 4.56. The molecule has 0 aliphatic carbocycles. The minimum absolute atomic E-state index is 0.0547. The van der Waals surface area contributed by atoms with E-state index in [1.165, 1.54) is 29.5 Å². The van der Waals surface area contributed by atoms with Crippen LogP contribution in [0, 0.1) is 0 Å². The van der Waals surface area contributed by atoms with E-state index in [9.17, 15) is 13.2 Å². The fourth-order valence-corrected chi connectivity index (χ4v) is 3.36. The van der Waals surface area contributed by atoms with Gasteiger partial charge in [-0.15, -0.1) is 0 Å². The smallest absolute Gasteiger partial charge is 0.352 e. The Morgan fingerprint density at radius 1 is 1.30 bits per heavy atom. The molecule has 1 fully saturated rings. The number of anilines is 1. The molecule has 1 aliphatic rings. The first-order chi connectivity index (χ1) is 11.0. The topological polar surface area (TPSA) is 24.5 Å². The van der Waals surface area contributed by atoms with Gasteiger partial charge in [0.25, 0.3) is 0 Å². The van der Waals surface area contributed by atoms with Crippen molar-refractivity contribution in [2.24, 2.45) is 0 Å². The van der Waals surface area contributed by atoms with E-state index < -0.39 is 11.7 Å². The third kappa shape index (κ3) is 3.49. The van der Waals surface area contributed by atoms with Gasteiger partial charge in [-0.05, 0) is 41.2 Å². The molecule has 0 saturated carbocycles. The van der Waals surface area contributed by atoms with Gasteiger partial charge in [0.15, 0.2) is 11.3 Å². The molecule has 1 atom stereocenters. The second kappa shape index (κ2) is 6.46. The zero-order valence-corrected chi connectivity index (χ0v) is 13.5. The van der Waals surface area contributed by atoms with Crippen LogP contribution in [0.3, 0.4) is 0 Å². The lowest BCUT2D eigenvalue weighted by atomic mass is 10.1. The number of ether oxygens (including phenoxy) is 1. The number of hydrogen-bond donors (Lipinski definition) is 1. The van der Waals surface area contributed by atoms with Gasteiger partial charge in [0.1, 0.15) is 0 Å². The van der Waals surface area contributed by atoms with Crippen LogP contribution in [-0.2, 0) is 10.9 Å². The van der Waals surface area contributed by atoms with Crippen molar-refractivity contribution in [3.8, 4) is 0 Å². The van der Waals surface area contributed by atoms with Crippen molar-refractivity contribution in [2.75, 3.05) is 18.5 Å². The number of thiophene rings is 1. The van der Waals surface area contributed by atoms with Crippen molar-refractivity contribution in [3.63, 3.8) is 0 Å². The van der Waals surface area contributed by atoms with Crippen molar-refractivity contribution in [2.45, 2.75) is 12.4 Å². The minimum atomic E-state index is -4.44. The fourth-order valence-electron chi connectivity index (χ4n) is 2.40. The predicted octanol–water partition coefficient (Wildman–Crippen LogP) is 4.49. The molecule has 1 saturated heterocycles. The Bertz CT molecular complexity index is 688. The third-order valence-corrected chi connectivity index (χ3v) is 4.49. The molecule has 3 nitrogen and oxygen atoms in total. The summed E-state index contributed by atoms with van der Waals surface area (Å²) in [7, 11) is 0. The highest BCUT2D eigenvalue weighted by Crippen LogP contribution is 2.35. The van der Waals surface area contributed by atoms with Gasteiger partial charge >= 0.3 is 6.18 Å². The number of nitrogens with zero attached hydrogens (tertiary/aromatic N) is 1. The van der Waals surface area contributed by atoms with Crippen molar-refractivity contribution >= 4 is 34.4 Å². The van der Waals surface area contributed by atoms with Gasteiger partial charge in [0.2, 0.25) is 0 Å². The van der Waals surface area contributed by atoms with Crippen molar-refractivity contribution < 1.29 is 17.9 Å². The second-order valence-electron chi connectivity index (χ2n) is 4.95. The summed E-state index contributed by atoms with van der Waals surface area (Å²) < 4.78 is 44.8. The number of nitrogens with one attached hydrogen (secondary N) is 1. The lowest BCUT2D eigenvalue weighted by Gasteiger charge is -2.26. The average molecular weight is 358 g/mol. The first kappa shape index (κ1) is 16.2. The summed E-state index contributed by atoms with van der Waals surface area (Å²) >= 11 is 6.83. The molecular weight excluding hydrogens is 345 g/mol. The molecule has 1 N–H and O–H groups in total. The number of para-hydroxylation sites is 1. The lowest BCUT2D eigenvalue weighted by Crippen LogP contribution is -2.35. The maximum Gasteiger partial charge on any atom is 0.418 e. The van der Waals surface area contributed by atoms with Gasteiger partial charge in [-0.3, -0.25) is 0 Å². The maximum atomic E-state index is 13.1. The Morgan fingerprint density at radius 2 is 2.09 bits per heavy atom. The van der Waals surface area contributed by atoms with Gasteiger partial charge in [0.05, 0.1) is 17.9 Å². The molecular formula is C15H13F3N2OS2. The Morgan fingerprint density at radius 3 is 2.78 bits per heavy atom. The van der Waals surface area contributed by atoms with Crippen LogP contribution in [0.25, 0.3) is 0 Å². The molecule has 1 aromatic heterocycles. The SMILES string of the molecule is FC(F)(F)c1ccccc1NC(=S)N1CCOC1c1ccsc1. The van der Waals surface area contributed by atoms with Gasteiger partial charge in [0, 0.05) is 12.1 Å². The zero-order valence-electron chi connectivity index (χ0n) is 11.8. The van der Waals surface area contributed by atoms with E-state index in [0.717, 1.165) is 11.6 Å². The zero-order chi connectivity index (χ0) is 16.4. The van der Waals surface area contributed by atoms with Crippen LogP contribution in [0.2, 0.25) is 0 Å². The van der Waals surface area contributed by atoms with Gasteiger partial charge < -0.3 is 15.0 Å². The summed E-state index contributed by atoms with van der Waals surface area (Å²) in [4.78, 5) is 1.75. The second-order valence-corrected chi connectivity index (χ2v) is 6.11. The molecule has 1 unspecified atom stereocenters. The van der Waals surface area contributed by atoms with E-state index in [1.54, 1.807) is 4.90 Å². The highest BCUT2D eigenvalue weighted by molar-refractivity contribution is 7.80. The highest BCUT2D eigenvalue weighted by Gasteiger charge is 2.34. The lowest BCUT2D eigenvalue weighted by molar-refractivity contribution is -0.136. The standard InChI is InChI=1S/C15H13F3N2OS2/c16-15(17,18)11-3-1-2-4-12(11)19-14(22)20-6-7-21-13(20)10-5-8-23-9-10/h1-5,8-9,13H,6-7H2,(H,19,22). The number of alkyl halides is 3. The van der Waals surface area contributed by atoms with Gasteiger partial charge in [-0.2, -0.15) is 24.5 Å². The van der Waals surface area contributed by atoms with Crippen LogP contribution in [0.5, 0.6) is 0 Å². The number of hydrogen-bond acceptors (Lipinski definition) is 3. The summed E-state index contributed by atoms with van der Waals surface area (Å²) in [5, 5.41) is 6.79. The molecule has 1 aromatic carbocycles. The summed E-state index contributed by atoms with van der Waals surface area (Å²) in [6.45, 7) is 1.00. The number of benzene rings is 1. The molecule has 0 radical (unpaired) electrons. The first-order valence-electron chi connectivity index (χ1n) is 6.84. The van der Waals surface area contributed by atoms with Crippen molar-refractivity contribution in [3.05, 3.63) is 52.2 Å². The molecule has 23 heavy (non-hydrogen) atoms. The summed E-state index contributed by atoms with van der Waals surface area (Å²) in [5.74, 6) is 0. The Labute approximate surface area is 140 Å². The first-order valence-corrected chi connectivity index (χ1v) is 8.19. The summed E-state index contributed by atoms with van der Waals surface area (Å²) in [5.41, 5.74) is 0.149. The highest BCUT2D eigenvalue weighted by atomic mass is 32.1. The van der Waals surface area contributed by atoms with Crippen LogP contribution in [-0.4, -0.2) is 23.2 Å². The molecule has 0 bridgehead atoms. The Hall–Kier alpha value is -1.64. The van der Waals surface area contributed by atoms with Crippen LogP contribution in [0.4, 0.5) is 18.9 Å². The fraction of sp³-hybridized carbons (Fsp3) is 0.267. The van der Waals surface area contributed by atoms with Crippen molar-refractivity contribution in [1.29, 1.82) is 0 Å². The molecule has 0 spiro atoms. The van der Waals surface area contributed by atoms with E-state index in [-0.39, 0.29) is 17.0 Å². The van der Waals surface area contributed by atoms with Crippen LogP contribution in [0.15, 0.2) is 41.1 Å². The molecule has 3 rings (SSSR count). The maximum absolute atomic E-state index is 13.1. The van der Waals surface area contributed by atoms with E-state index in [0.29, 0.717) is 13.2 Å². The molecule has 2 heterocycles. The number of halogens is 3. The van der Waals surface area contributed by atoms with E-state index in [2.05, 4.69) is 5.32 Å². The van der Waals surface area contributed by atoms with Gasteiger partial charge in [-0.1, -0.05) is 12.1 Å².